The molecule has 98 valence electrons. The van der Waals surface area contributed by atoms with Crippen molar-refractivity contribution in [2.24, 2.45) is 5.73 Å². The first-order valence-electron chi connectivity index (χ1n) is 6.41. The Balaban J connectivity index is 2.34. The van der Waals surface area contributed by atoms with Gasteiger partial charge in [-0.1, -0.05) is 6.92 Å². The molecule has 2 N–H and O–H groups in total. The van der Waals surface area contributed by atoms with E-state index in [0.717, 1.165) is 35.0 Å². The van der Waals surface area contributed by atoms with E-state index in [1.807, 2.05) is 6.07 Å². The average molecular weight is 257 g/mol. The van der Waals surface area contributed by atoms with E-state index in [4.69, 9.17) is 14.6 Å². The van der Waals surface area contributed by atoms with Crippen LogP contribution in [0.4, 0.5) is 0 Å². The van der Waals surface area contributed by atoms with Gasteiger partial charge in [-0.2, -0.15) is 0 Å². The quantitative estimate of drug-likeness (QED) is 0.732. The van der Waals surface area contributed by atoms with Crippen molar-refractivity contribution in [2.75, 3.05) is 6.54 Å². The van der Waals surface area contributed by atoms with Crippen LogP contribution in [0.2, 0.25) is 0 Å². The molecule has 4 nitrogen and oxygen atoms in total. The number of hydrogen-bond acceptors (Lipinski definition) is 4. The van der Waals surface area contributed by atoms with Crippen LogP contribution in [0.1, 0.15) is 18.2 Å². The van der Waals surface area contributed by atoms with Crippen molar-refractivity contribution < 1.29 is 8.83 Å². The van der Waals surface area contributed by atoms with E-state index in [0.29, 0.717) is 12.1 Å². The first-order valence-corrected chi connectivity index (χ1v) is 6.41. The summed E-state index contributed by atoms with van der Waals surface area (Å²) in [4.78, 5) is 11.2. The minimum Gasteiger partial charge on any atom is -0.461 e. The molecule has 2 aromatic heterocycles. The van der Waals surface area contributed by atoms with Crippen LogP contribution in [0.15, 0.2) is 37.9 Å². The van der Waals surface area contributed by atoms with Crippen LogP contribution in [-0.2, 0) is 12.8 Å². The van der Waals surface area contributed by atoms with Crippen LogP contribution < -0.4 is 11.4 Å². The van der Waals surface area contributed by atoms with Gasteiger partial charge in [-0.25, -0.2) is 4.79 Å². The second-order valence-electron chi connectivity index (χ2n) is 4.54. The van der Waals surface area contributed by atoms with Gasteiger partial charge in [0.2, 0.25) is 0 Å². The summed E-state index contributed by atoms with van der Waals surface area (Å²) >= 11 is 0. The highest BCUT2D eigenvalue weighted by molar-refractivity contribution is 5.95. The summed E-state index contributed by atoms with van der Waals surface area (Å²) in [6.07, 6.45) is 1.61. The van der Waals surface area contributed by atoms with Gasteiger partial charge in [0.1, 0.15) is 16.9 Å². The number of aryl methyl sites for hydroxylation is 1. The fourth-order valence-electron chi connectivity index (χ4n) is 2.48. The molecule has 3 aromatic rings. The molecule has 0 spiro atoms. The third-order valence-corrected chi connectivity index (χ3v) is 3.34. The van der Waals surface area contributed by atoms with Crippen LogP contribution in [0.3, 0.4) is 0 Å². The maximum absolute atomic E-state index is 11.2. The fourth-order valence-corrected chi connectivity index (χ4v) is 2.48. The number of benzene rings is 1. The average Bonchev–Trinajstić information content (AvgIpc) is 2.72. The maximum atomic E-state index is 11.2. The van der Waals surface area contributed by atoms with Crippen molar-refractivity contribution in [3.05, 3.63) is 46.0 Å². The Hall–Kier alpha value is -2.07. The summed E-state index contributed by atoms with van der Waals surface area (Å²) in [5.41, 5.74) is 7.75. The molecule has 0 fully saturated rings. The molecule has 0 atom stereocenters. The van der Waals surface area contributed by atoms with E-state index in [9.17, 15) is 4.79 Å². The van der Waals surface area contributed by atoms with E-state index in [2.05, 4.69) is 6.92 Å². The van der Waals surface area contributed by atoms with Crippen molar-refractivity contribution >= 4 is 21.9 Å². The summed E-state index contributed by atoms with van der Waals surface area (Å²) in [6, 6.07) is 7.00. The molecular formula is C15H15NO3. The normalized spacial score (nSPS) is 11.5. The van der Waals surface area contributed by atoms with Crippen LogP contribution in [0, 0.1) is 0 Å². The Kier molecular flexibility index (Phi) is 2.87. The topological polar surface area (TPSA) is 69.4 Å². The highest BCUT2D eigenvalue weighted by atomic mass is 16.4. The molecule has 4 heteroatoms. The summed E-state index contributed by atoms with van der Waals surface area (Å²) in [5, 5.41) is 1.98. The van der Waals surface area contributed by atoms with E-state index < -0.39 is 0 Å². The first kappa shape index (κ1) is 12.0. The standard InChI is InChI=1S/C15H15NO3/c1-2-10-11-7-9-3-4-15(17)19-13(9)8-14(11)18-12(10)5-6-16/h3-4,7-8H,2,5-6,16H2,1H3. The van der Waals surface area contributed by atoms with Gasteiger partial charge >= 0.3 is 5.63 Å². The summed E-state index contributed by atoms with van der Waals surface area (Å²) in [5.74, 6) is 0.928. The zero-order valence-electron chi connectivity index (χ0n) is 10.7. The molecule has 1 aromatic carbocycles. The highest BCUT2D eigenvalue weighted by Crippen LogP contribution is 2.30. The lowest BCUT2D eigenvalue weighted by Gasteiger charge is -1.98. The minimum absolute atomic E-state index is 0.351. The van der Waals surface area contributed by atoms with Gasteiger partial charge < -0.3 is 14.6 Å². The summed E-state index contributed by atoms with van der Waals surface area (Å²) in [7, 11) is 0. The molecule has 0 aliphatic carbocycles. The second kappa shape index (κ2) is 4.55. The third-order valence-electron chi connectivity index (χ3n) is 3.34. The zero-order chi connectivity index (χ0) is 13.4. The van der Waals surface area contributed by atoms with Gasteiger partial charge in [0.25, 0.3) is 0 Å². The molecule has 3 rings (SSSR count). The molecule has 0 bridgehead atoms. The lowest BCUT2D eigenvalue weighted by Crippen LogP contribution is -2.03. The highest BCUT2D eigenvalue weighted by Gasteiger charge is 2.13. The predicted molar refractivity (Wildman–Crippen MR) is 74.4 cm³/mol. The Labute approximate surface area is 109 Å². The van der Waals surface area contributed by atoms with Crippen molar-refractivity contribution in [1.29, 1.82) is 0 Å². The molecule has 0 radical (unpaired) electrons. The molecule has 0 amide bonds. The van der Waals surface area contributed by atoms with Crippen molar-refractivity contribution in [3.63, 3.8) is 0 Å². The molecule has 0 saturated heterocycles. The van der Waals surface area contributed by atoms with Gasteiger partial charge in [0, 0.05) is 34.9 Å². The molecule has 19 heavy (non-hydrogen) atoms. The molecule has 0 aliphatic rings. The van der Waals surface area contributed by atoms with Gasteiger partial charge in [0.05, 0.1) is 0 Å². The second-order valence-corrected chi connectivity index (χ2v) is 4.54. The van der Waals surface area contributed by atoms with E-state index in [1.54, 1.807) is 12.1 Å². The monoisotopic (exact) mass is 257 g/mol. The van der Waals surface area contributed by atoms with Gasteiger partial charge in [-0.05, 0) is 25.1 Å². The predicted octanol–water partition coefficient (Wildman–Crippen LogP) is 2.60. The third kappa shape index (κ3) is 1.94. The smallest absolute Gasteiger partial charge is 0.336 e. The SMILES string of the molecule is CCc1c(CCN)oc2cc3oc(=O)ccc3cc12. The molecule has 0 saturated carbocycles. The Bertz CT molecular complexity index is 798. The minimum atomic E-state index is -0.351. The number of rotatable bonds is 3. The number of nitrogens with two attached hydrogens (primary N) is 1. The van der Waals surface area contributed by atoms with Crippen LogP contribution in [0.25, 0.3) is 21.9 Å². The van der Waals surface area contributed by atoms with Gasteiger partial charge in [-0.15, -0.1) is 0 Å². The Morgan fingerprint density at radius 2 is 2.00 bits per heavy atom. The summed E-state index contributed by atoms with van der Waals surface area (Å²) < 4.78 is 11.0. The number of furan rings is 1. The van der Waals surface area contributed by atoms with Crippen LogP contribution in [0.5, 0.6) is 0 Å². The van der Waals surface area contributed by atoms with E-state index in [-0.39, 0.29) is 5.63 Å². The fraction of sp³-hybridized carbons (Fsp3) is 0.267. The Morgan fingerprint density at radius 1 is 1.16 bits per heavy atom. The van der Waals surface area contributed by atoms with Gasteiger partial charge in [-0.3, -0.25) is 0 Å². The molecule has 2 heterocycles. The van der Waals surface area contributed by atoms with Crippen molar-refractivity contribution in [3.8, 4) is 0 Å². The first-order chi connectivity index (χ1) is 9.22. The van der Waals surface area contributed by atoms with Crippen molar-refractivity contribution in [2.45, 2.75) is 19.8 Å². The largest absolute Gasteiger partial charge is 0.461 e. The molecule has 0 aliphatic heterocycles. The lowest BCUT2D eigenvalue weighted by atomic mass is 10.1. The van der Waals surface area contributed by atoms with Gasteiger partial charge in [0.15, 0.2) is 0 Å². The number of fused-ring (bicyclic) bond motifs is 2. The van der Waals surface area contributed by atoms with E-state index in [1.165, 1.54) is 11.6 Å². The van der Waals surface area contributed by atoms with Crippen LogP contribution >= 0.6 is 0 Å². The Morgan fingerprint density at radius 3 is 2.74 bits per heavy atom. The summed E-state index contributed by atoms with van der Waals surface area (Å²) in [6.45, 7) is 2.65. The van der Waals surface area contributed by atoms with Crippen LogP contribution in [-0.4, -0.2) is 6.54 Å². The molecular weight excluding hydrogens is 242 g/mol. The zero-order valence-corrected chi connectivity index (χ0v) is 10.7. The maximum Gasteiger partial charge on any atom is 0.336 e. The van der Waals surface area contributed by atoms with E-state index >= 15 is 0 Å². The van der Waals surface area contributed by atoms with Crippen molar-refractivity contribution in [1.82, 2.24) is 0 Å². The molecule has 0 unspecified atom stereocenters. The number of hydrogen-bond donors (Lipinski definition) is 1. The lowest BCUT2D eigenvalue weighted by molar-refractivity contribution is 0.540.